The third-order valence-corrected chi connectivity index (χ3v) is 4.04. The summed E-state index contributed by atoms with van der Waals surface area (Å²) in [6, 6.07) is 10.4. The molecule has 25 heavy (non-hydrogen) atoms. The first-order valence-corrected chi connectivity index (χ1v) is 8.06. The molecule has 0 saturated carbocycles. The lowest BCUT2D eigenvalue weighted by Crippen LogP contribution is -2.31. The molecular weight excluding hydrogens is 324 g/mol. The van der Waals surface area contributed by atoms with Gasteiger partial charge in [0.2, 0.25) is 6.79 Å². The molecule has 0 spiro atoms. The number of urea groups is 1. The van der Waals surface area contributed by atoms with Crippen molar-refractivity contribution >= 4 is 11.7 Å². The molecule has 7 heteroatoms. The van der Waals surface area contributed by atoms with Crippen LogP contribution in [0, 0.1) is 0 Å². The van der Waals surface area contributed by atoms with Gasteiger partial charge in [-0.1, -0.05) is 6.07 Å². The lowest BCUT2D eigenvalue weighted by Gasteiger charge is -2.21. The molecule has 0 aromatic heterocycles. The summed E-state index contributed by atoms with van der Waals surface area (Å²) in [6.45, 7) is 3.19. The van der Waals surface area contributed by atoms with Gasteiger partial charge in [0.15, 0.2) is 23.0 Å². The fourth-order valence-corrected chi connectivity index (χ4v) is 2.75. The third kappa shape index (κ3) is 3.26. The summed E-state index contributed by atoms with van der Waals surface area (Å²) < 4.78 is 21.6. The van der Waals surface area contributed by atoms with Crippen LogP contribution in [-0.4, -0.2) is 26.0 Å². The molecule has 7 nitrogen and oxygen atoms in total. The zero-order chi connectivity index (χ0) is 17.2. The van der Waals surface area contributed by atoms with Gasteiger partial charge in [0.25, 0.3) is 0 Å². The van der Waals surface area contributed by atoms with Crippen LogP contribution < -0.4 is 29.6 Å². The topological polar surface area (TPSA) is 78.1 Å². The van der Waals surface area contributed by atoms with E-state index in [1.807, 2.05) is 25.1 Å². The standard InChI is InChI=1S/C18H18N2O5/c1-11(12-2-4-14-16(8-12)23-7-6-22-14)19-18(21)20-13-3-5-15-17(9-13)25-10-24-15/h2-5,8-9,11H,6-7,10H2,1H3,(H2,19,20,21). The minimum absolute atomic E-state index is 0.190. The summed E-state index contributed by atoms with van der Waals surface area (Å²) in [4.78, 5) is 12.2. The Morgan fingerprint density at radius 3 is 2.48 bits per heavy atom. The number of carbonyl (C=O) groups is 1. The third-order valence-electron chi connectivity index (χ3n) is 4.04. The highest BCUT2D eigenvalue weighted by atomic mass is 16.7. The molecular formula is C18H18N2O5. The Labute approximate surface area is 144 Å². The van der Waals surface area contributed by atoms with Crippen LogP contribution in [-0.2, 0) is 0 Å². The Bertz CT molecular complexity index is 808. The normalized spacial score (nSPS) is 15.4. The molecule has 1 unspecified atom stereocenters. The number of hydrogen-bond donors (Lipinski definition) is 2. The molecule has 0 radical (unpaired) electrons. The van der Waals surface area contributed by atoms with Gasteiger partial charge in [-0.05, 0) is 36.8 Å². The summed E-state index contributed by atoms with van der Waals surface area (Å²) in [6.07, 6.45) is 0. The Kier molecular flexibility index (Phi) is 3.97. The van der Waals surface area contributed by atoms with Crippen LogP contribution in [0.4, 0.5) is 10.5 Å². The number of hydrogen-bond acceptors (Lipinski definition) is 5. The van der Waals surface area contributed by atoms with E-state index >= 15 is 0 Å². The van der Waals surface area contributed by atoms with Crippen molar-refractivity contribution in [3.63, 3.8) is 0 Å². The van der Waals surface area contributed by atoms with E-state index in [4.69, 9.17) is 18.9 Å². The number of amides is 2. The van der Waals surface area contributed by atoms with Crippen molar-refractivity contribution < 1.29 is 23.7 Å². The van der Waals surface area contributed by atoms with Crippen molar-refractivity contribution in [1.29, 1.82) is 0 Å². The van der Waals surface area contributed by atoms with E-state index in [-0.39, 0.29) is 18.9 Å². The van der Waals surface area contributed by atoms with Crippen molar-refractivity contribution in [2.45, 2.75) is 13.0 Å². The van der Waals surface area contributed by atoms with Gasteiger partial charge >= 0.3 is 6.03 Å². The Hall–Kier alpha value is -3.09. The lowest BCUT2D eigenvalue weighted by molar-refractivity contribution is 0.171. The molecule has 2 aromatic rings. The van der Waals surface area contributed by atoms with Crippen molar-refractivity contribution in [1.82, 2.24) is 5.32 Å². The van der Waals surface area contributed by atoms with Gasteiger partial charge in [-0.15, -0.1) is 0 Å². The highest BCUT2D eigenvalue weighted by molar-refractivity contribution is 5.90. The second-order valence-corrected chi connectivity index (χ2v) is 5.79. The zero-order valence-electron chi connectivity index (χ0n) is 13.7. The number of anilines is 1. The van der Waals surface area contributed by atoms with Gasteiger partial charge in [0.1, 0.15) is 13.2 Å². The minimum atomic E-state index is -0.304. The maximum atomic E-state index is 12.2. The number of carbonyl (C=O) groups excluding carboxylic acids is 1. The summed E-state index contributed by atoms with van der Waals surface area (Å²) >= 11 is 0. The minimum Gasteiger partial charge on any atom is -0.486 e. The highest BCUT2D eigenvalue weighted by Crippen LogP contribution is 2.34. The number of benzene rings is 2. The van der Waals surface area contributed by atoms with E-state index in [0.29, 0.717) is 36.1 Å². The van der Waals surface area contributed by atoms with Gasteiger partial charge in [0.05, 0.1) is 6.04 Å². The molecule has 2 aliphatic rings. The van der Waals surface area contributed by atoms with Crippen molar-refractivity contribution in [2.75, 3.05) is 25.3 Å². The van der Waals surface area contributed by atoms with E-state index < -0.39 is 0 Å². The van der Waals surface area contributed by atoms with E-state index in [0.717, 1.165) is 11.3 Å². The number of ether oxygens (including phenoxy) is 4. The average Bonchev–Trinajstić information content (AvgIpc) is 3.09. The Morgan fingerprint density at radius 2 is 1.60 bits per heavy atom. The summed E-state index contributed by atoms with van der Waals surface area (Å²) in [5, 5.41) is 5.69. The van der Waals surface area contributed by atoms with Crippen LogP contribution in [0.5, 0.6) is 23.0 Å². The van der Waals surface area contributed by atoms with Gasteiger partial charge in [-0.3, -0.25) is 0 Å². The second kappa shape index (κ2) is 6.43. The predicted octanol–water partition coefficient (Wildman–Crippen LogP) is 3.07. The van der Waals surface area contributed by atoms with Crippen molar-refractivity contribution in [3.05, 3.63) is 42.0 Å². The largest absolute Gasteiger partial charge is 0.486 e. The van der Waals surface area contributed by atoms with Gasteiger partial charge in [-0.2, -0.15) is 0 Å². The van der Waals surface area contributed by atoms with Crippen molar-refractivity contribution in [2.24, 2.45) is 0 Å². The Balaban J connectivity index is 1.40. The van der Waals surface area contributed by atoms with Crippen molar-refractivity contribution in [3.8, 4) is 23.0 Å². The number of nitrogens with one attached hydrogen (secondary N) is 2. The van der Waals surface area contributed by atoms with Crippen LogP contribution in [0.3, 0.4) is 0 Å². The van der Waals surface area contributed by atoms with Crippen LogP contribution in [0.2, 0.25) is 0 Å². The van der Waals surface area contributed by atoms with Gasteiger partial charge in [0, 0.05) is 11.8 Å². The van der Waals surface area contributed by atoms with Gasteiger partial charge < -0.3 is 29.6 Å². The van der Waals surface area contributed by atoms with Crippen LogP contribution >= 0.6 is 0 Å². The smallest absolute Gasteiger partial charge is 0.319 e. The maximum absolute atomic E-state index is 12.2. The zero-order valence-corrected chi connectivity index (χ0v) is 13.7. The molecule has 1 atom stereocenters. The van der Waals surface area contributed by atoms with Crippen LogP contribution in [0.15, 0.2) is 36.4 Å². The molecule has 2 aromatic carbocycles. The van der Waals surface area contributed by atoms with E-state index in [1.54, 1.807) is 18.2 Å². The summed E-state index contributed by atoms with van der Waals surface area (Å²) in [5.74, 6) is 2.73. The average molecular weight is 342 g/mol. The fraction of sp³-hybridized carbons (Fsp3) is 0.278. The molecule has 4 rings (SSSR count). The molecule has 0 bridgehead atoms. The quantitative estimate of drug-likeness (QED) is 0.896. The highest BCUT2D eigenvalue weighted by Gasteiger charge is 2.17. The molecule has 0 fully saturated rings. The first-order chi connectivity index (χ1) is 12.2. The fourth-order valence-electron chi connectivity index (χ4n) is 2.75. The summed E-state index contributed by atoms with van der Waals surface area (Å²) in [5.41, 5.74) is 1.57. The molecule has 2 N–H and O–H groups in total. The Morgan fingerprint density at radius 1 is 0.920 bits per heavy atom. The summed E-state index contributed by atoms with van der Waals surface area (Å²) in [7, 11) is 0. The molecule has 0 saturated heterocycles. The first kappa shape index (κ1) is 15.4. The number of rotatable bonds is 3. The van der Waals surface area contributed by atoms with E-state index in [1.165, 1.54) is 0 Å². The molecule has 0 aliphatic carbocycles. The first-order valence-electron chi connectivity index (χ1n) is 8.06. The van der Waals surface area contributed by atoms with E-state index in [2.05, 4.69) is 10.6 Å². The van der Waals surface area contributed by atoms with E-state index in [9.17, 15) is 4.79 Å². The van der Waals surface area contributed by atoms with Crippen LogP contribution in [0.25, 0.3) is 0 Å². The van der Waals surface area contributed by atoms with Gasteiger partial charge in [-0.25, -0.2) is 4.79 Å². The molecule has 2 heterocycles. The lowest BCUT2D eigenvalue weighted by atomic mass is 10.1. The molecule has 130 valence electrons. The molecule has 2 aliphatic heterocycles. The maximum Gasteiger partial charge on any atom is 0.319 e. The monoisotopic (exact) mass is 342 g/mol. The van der Waals surface area contributed by atoms with Crippen LogP contribution in [0.1, 0.15) is 18.5 Å². The SMILES string of the molecule is CC(NC(=O)Nc1ccc2c(c1)OCO2)c1ccc2c(c1)OCCO2. The number of fused-ring (bicyclic) bond motifs is 2. The second-order valence-electron chi connectivity index (χ2n) is 5.79. The predicted molar refractivity (Wildman–Crippen MR) is 90.6 cm³/mol. The molecule has 2 amide bonds.